The summed E-state index contributed by atoms with van der Waals surface area (Å²) < 4.78 is 36.0. The topological polar surface area (TPSA) is 233 Å². The molecule has 2 unspecified atom stereocenters. The van der Waals surface area contributed by atoms with Crippen LogP contribution in [0.2, 0.25) is 0 Å². The first kappa shape index (κ1) is 50.5. The summed E-state index contributed by atoms with van der Waals surface area (Å²) in [4.78, 5) is 59.3. The Morgan fingerprint density at radius 1 is 0.860 bits per heavy atom. The fourth-order valence-corrected chi connectivity index (χ4v) is 7.19. The van der Waals surface area contributed by atoms with Gasteiger partial charge in [0.05, 0.1) is 6.61 Å². The van der Waals surface area contributed by atoms with Crippen molar-refractivity contribution in [1.29, 1.82) is 0 Å². The molecule has 1 aromatic rings. The van der Waals surface area contributed by atoms with Crippen LogP contribution in [-0.4, -0.2) is 55.5 Å². The molecule has 278 valence electrons. The molecule has 2 heterocycles. The second kappa shape index (κ2) is 28.0. The summed E-state index contributed by atoms with van der Waals surface area (Å²) in [5.41, 5.74) is -0.931. The number of nitrogens with one attached hydrogen (secondary N) is 1. The number of aliphatic hydroxyl groups is 2. The third-order valence-electron chi connectivity index (χ3n) is 8.32. The normalized spacial score (nSPS) is 21.1. The second-order valence-electron chi connectivity index (χ2n) is 12.5. The summed E-state index contributed by atoms with van der Waals surface area (Å²) in [6.45, 7) is 1.26. The molecular formula is C31H55N3Na2O12P2. The van der Waals surface area contributed by atoms with Gasteiger partial charge in [-0.25, -0.2) is 9.11 Å². The number of hydrogen-bond donors (Lipinski definition) is 4. The molecule has 0 aliphatic carbocycles. The van der Waals surface area contributed by atoms with E-state index in [1.807, 2.05) is 0 Å². The van der Waals surface area contributed by atoms with E-state index in [0.29, 0.717) is 6.42 Å². The number of aliphatic hydroxyl groups excluding tert-OH is 2. The van der Waals surface area contributed by atoms with Crippen molar-refractivity contribution in [1.82, 2.24) is 9.55 Å². The van der Waals surface area contributed by atoms with Crippen LogP contribution in [0.15, 0.2) is 17.1 Å². The van der Waals surface area contributed by atoms with E-state index in [1.54, 1.807) is 0 Å². The molecule has 0 spiro atoms. The van der Waals surface area contributed by atoms with Gasteiger partial charge in [-0.1, -0.05) is 122 Å². The second-order valence-corrected chi connectivity index (χ2v) is 15.2. The number of amides is 1. The van der Waals surface area contributed by atoms with Gasteiger partial charge in [-0.2, -0.15) is 4.98 Å². The monoisotopic (exact) mass is 769 g/mol. The molecule has 1 aliphatic heterocycles. The van der Waals surface area contributed by atoms with Crippen molar-refractivity contribution in [3.05, 3.63) is 22.7 Å². The molecule has 50 heavy (non-hydrogen) atoms. The summed E-state index contributed by atoms with van der Waals surface area (Å²) in [6, 6.07) is 1.30. The van der Waals surface area contributed by atoms with Gasteiger partial charge in [0.1, 0.15) is 24.1 Å². The molecular weight excluding hydrogens is 714 g/mol. The number of phosphoric acid groups is 2. The summed E-state index contributed by atoms with van der Waals surface area (Å²) in [5.74, 6) is -0.311. The fourth-order valence-electron chi connectivity index (χ4n) is 5.66. The van der Waals surface area contributed by atoms with E-state index in [4.69, 9.17) is 9.63 Å². The first-order valence-corrected chi connectivity index (χ1v) is 20.4. The van der Waals surface area contributed by atoms with Gasteiger partial charge in [0.2, 0.25) is 5.91 Å². The van der Waals surface area contributed by atoms with Crippen LogP contribution >= 0.6 is 15.6 Å². The Balaban J connectivity index is 0.0000120. The molecule has 0 saturated carbocycles. The Kier molecular flexibility index (Phi) is 28.3. The molecule has 15 nitrogen and oxygen atoms in total. The standard InChI is InChI=1S/C31H57N3O12P2.2Na/c1-2-3-4-5-6-7-8-9-10-11-12-13-14-15-16-17-18-19-20-21-27(35)32-26-22-23-34(31(38)33-26)30-29(37)28(36)25(45-30)24-44-48(42,43)46-47(39,40)41;;/h22-23,25,28-30,36-37H,2-21,24H2,1H3,(H,42,43)(H2,39,40,41)(H,32,33,35,38);;/q;2*+1/p-2/t25-,28-,29-,30-;;/m1../s1. The average molecular weight is 770 g/mol. The number of unbranched alkanes of at least 4 members (excludes halogenated alkanes) is 18. The summed E-state index contributed by atoms with van der Waals surface area (Å²) in [6.07, 6.45) is 18.9. The molecule has 0 aromatic carbocycles. The van der Waals surface area contributed by atoms with E-state index in [1.165, 1.54) is 109 Å². The minimum absolute atomic E-state index is 0. The Morgan fingerprint density at radius 2 is 1.32 bits per heavy atom. The quantitative estimate of drug-likeness (QED) is 0.0459. The molecule has 4 N–H and O–H groups in total. The van der Waals surface area contributed by atoms with E-state index in [0.717, 1.165) is 23.8 Å². The maximum atomic E-state index is 12.6. The Hall–Kier alpha value is 0.490. The van der Waals surface area contributed by atoms with Crippen molar-refractivity contribution in [2.75, 3.05) is 11.9 Å². The summed E-state index contributed by atoms with van der Waals surface area (Å²) in [5, 5.41) is 23.1. The number of carbonyl (C=O) groups is 1. The van der Waals surface area contributed by atoms with Gasteiger partial charge >= 0.3 is 64.8 Å². The molecule has 0 radical (unpaired) electrons. The molecule has 1 aliphatic rings. The smallest absolute Gasteiger partial charge is 0.756 e. The molecule has 19 heteroatoms. The third-order valence-corrected chi connectivity index (χ3v) is 10.4. The van der Waals surface area contributed by atoms with Crippen molar-refractivity contribution in [2.45, 2.75) is 160 Å². The fraction of sp³-hybridized carbons (Fsp3) is 0.839. The Morgan fingerprint density at radius 3 is 1.76 bits per heavy atom. The minimum Gasteiger partial charge on any atom is -0.756 e. The average Bonchev–Trinajstić information content (AvgIpc) is 3.28. The van der Waals surface area contributed by atoms with Crippen LogP contribution in [0.3, 0.4) is 0 Å². The van der Waals surface area contributed by atoms with Crippen molar-refractivity contribution in [2.24, 2.45) is 0 Å². The zero-order valence-electron chi connectivity index (χ0n) is 30.1. The summed E-state index contributed by atoms with van der Waals surface area (Å²) in [7, 11) is -11.2. The predicted octanol–water partition coefficient (Wildman–Crippen LogP) is -1.41. The van der Waals surface area contributed by atoms with E-state index in [2.05, 4.69) is 26.1 Å². The summed E-state index contributed by atoms with van der Waals surface area (Å²) >= 11 is 0. The molecule has 1 aromatic heterocycles. The zero-order valence-corrected chi connectivity index (χ0v) is 35.9. The largest absolute Gasteiger partial charge is 1.00 e. The van der Waals surface area contributed by atoms with Gasteiger partial charge in [0.25, 0.3) is 15.6 Å². The number of nitrogens with zero attached hydrogens (tertiary/aromatic N) is 2. The van der Waals surface area contributed by atoms with Gasteiger partial charge < -0.3 is 39.5 Å². The molecule has 1 fully saturated rings. The zero-order chi connectivity index (χ0) is 35.4. The van der Waals surface area contributed by atoms with Crippen LogP contribution in [0.25, 0.3) is 0 Å². The first-order chi connectivity index (χ1) is 22.8. The van der Waals surface area contributed by atoms with Gasteiger partial charge in [0.15, 0.2) is 6.23 Å². The number of anilines is 1. The van der Waals surface area contributed by atoms with Crippen molar-refractivity contribution in [3.8, 4) is 0 Å². The van der Waals surface area contributed by atoms with Crippen molar-refractivity contribution in [3.63, 3.8) is 0 Å². The number of carbonyl (C=O) groups excluding carboxylic acids is 1. The van der Waals surface area contributed by atoms with Crippen LogP contribution in [0, 0.1) is 0 Å². The number of rotatable bonds is 27. The maximum absolute atomic E-state index is 12.6. The van der Waals surface area contributed by atoms with Crippen LogP contribution in [0.1, 0.15) is 142 Å². The van der Waals surface area contributed by atoms with Gasteiger partial charge in [-0.15, -0.1) is 0 Å². The third kappa shape index (κ3) is 22.0. The minimum atomic E-state index is -5.67. The van der Waals surface area contributed by atoms with Crippen molar-refractivity contribution < 1.29 is 112 Å². The predicted molar refractivity (Wildman–Crippen MR) is 176 cm³/mol. The van der Waals surface area contributed by atoms with E-state index in [9.17, 15) is 38.7 Å². The van der Waals surface area contributed by atoms with E-state index >= 15 is 0 Å². The first-order valence-electron chi connectivity index (χ1n) is 17.4. The Labute approximate surface area is 340 Å². The van der Waals surface area contributed by atoms with Gasteiger partial charge in [0, 0.05) is 12.6 Å². The molecule has 1 saturated heterocycles. The Bertz CT molecular complexity index is 1230. The van der Waals surface area contributed by atoms with Crippen LogP contribution in [0.5, 0.6) is 0 Å². The van der Waals surface area contributed by atoms with Gasteiger partial charge in [-0.3, -0.25) is 18.5 Å². The van der Waals surface area contributed by atoms with Crippen LogP contribution in [0.4, 0.5) is 5.82 Å². The van der Waals surface area contributed by atoms with E-state index in [-0.39, 0.29) is 77.3 Å². The number of phosphoric ester groups is 1. The van der Waals surface area contributed by atoms with E-state index < -0.39 is 52.5 Å². The van der Waals surface area contributed by atoms with Gasteiger partial charge in [-0.05, 0) is 12.5 Å². The van der Waals surface area contributed by atoms with Crippen molar-refractivity contribution >= 4 is 27.4 Å². The maximum Gasteiger partial charge on any atom is 1.00 e. The molecule has 0 bridgehead atoms. The number of ether oxygens (including phenoxy) is 1. The van der Waals surface area contributed by atoms with Crippen LogP contribution in [-0.2, 0) is 27.5 Å². The molecule has 6 atom stereocenters. The SMILES string of the molecule is CCCCCCCCCCCCCCCCCCCCCC(=O)Nc1ccn([C@@H]2O[C@H](COP(=O)([O-])OP(=O)([O-])O)[C@@H](O)[C@H]2O)c(=O)n1.[Na+].[Na+]. The number of aromatic nitrogens is 2. The molecule has 2 rings (SSSR count). The van der Waals surface area contributed by atoms with Crippen LogP contribution < -0.4 is 79.9 Å². The number of hydrogen-bond acceptors (Lipinski definition) is 12. The molecule has 1 amide bonds.